The summed E-state index contributed by atoms with van der Waals surface area (Å²) in [4.78, 5) is 30.1. The van der Waals surface area contributed by atoms with Crippen molar-refractivity contribution in [3.63, 3.8) is 0 Å². The number of carboxylic acids is 1. The highest BCUT2D eigenvalue weighted by molar-refractivity contribution is 5.89. The minimum atomic E-state index is -5.08. The van der Waals surface area contributed by atoms with Crippen molar-refractivity contribution in [2.45, 2.75) is 52.1 Å². The Labute approximate surface area is 188 Å². The van der Waals surface area contributed by atoms with Crippen molar-refractivity contribution < 1.29 is 32.3 Å². The number of nitrogens with one attached hydrogen (secondary N) is 1. The first-order valence-electron chi connectivity index (χ1n) is 10.2. The Kier molecular flexibility index (Phi) is 8.80. The molecule has 0 spiro atoms. The van der Waals surface area contributed by atoms with Crippen LogP contribution in [0.5, 0.6) is 0 Å². The number of nitrogens with zero attached hydrogens (tertiary/aromatic N) is 4. The number of rotatable bonds is 4. The van der Waals surface area contributed by atoms with Crippen LogP contribution in [0.1, 0.15) is 31.7 Å². The Bertz CT molecular complexity index is 962. The summed E-state index contributed by atoms with van der Waals surface area (Å²) in [6, 6.07) is 6.35. The smallest absolute Gasteiger partial charge is 0.475 e. The average Bonchev–Trinajstić information content (AvgIpc) is 2.96. The lowest BCUT2D eigenvalue weighted by Crippen LogP contribution is -2.35. The van der Waals surface area contributed by atoms with E-state index < -0.39 is 18.0 Å². The first-order chi connectivity index (χ1) is 15.4. The lowest BCUT2D eigenvalue weighted by Gasteiger charge is -2.23. The summed E-state index contributed by atoms with van der Waals surface area (Å²) in [5, 5.41) is 9.81. The fourth-order valence-corrected chi connectivity index (χ4v) is 3.00. The van der Waals surface area contributed by atoms with Gasteiger partial charge in [0.1, 0.15) is 5.82 Å². The van der Waals surface area contributed by atoms with Gasteiger partial charge < -0.3 is 19.9 Å². The van der Waals surface area contributed by atoms with Gasteiger partial charge in [-0.05, 0) is 39.4 Å². The molecule has 0 fully saturated rings. The third-order valence-electron chi connectivity index (χ3n) is 5.13. The predicted molar refractivity (Wildman–Crippen MR) is 113 cm³/mol. The standard InChI is InChI=1S/C19H26FN5O.C2HF3O2/c1-14(2)23(3)11-17-18-12-24(9-6-10-25(18)13-21-17)19(26)22-16-8-5-4-7-15(16)20;3-2(4,5)1(6)7/h4-5,7-8,13-14H,6,9-12H2,1-3H3,(H,22,26);(H,6,7). The Balaban J connectivity index is 0.000000479. The van der Waals surface area contributed by atoms with Crippen LogP contribution in [0.4, 0.5) is 28.0 Å². The van der Waals surface area contributed by atoms with Gasteiger partial charge in [0.25, 0.3) is 0 Å². The molecular formula is C21H27F4N5O3. The maximum atomic E-state index is 13.8. The number of carbonyl (C=O) groups excluding carboxylic acids is 1. The van der Waals surface area contributed by atoms with Crippen LogP contribution in [0.25, 0.3) is 0 Å². The summed E-state index contributed by atoms with van der Waals surface area (Å²) >= 11 is 0. The molecule has 3 rings (SSSR count). The number of anilines is 1. The second kappa shape index (κ2) is 11.1. The molecule has 1 aromatic heterocycles. The molecule has 8 nitrogen and oxygen atoms in total. The summed E-state index contributed by atoms with van der Waals surface area (Å²) in [6.45, 7) is 6.95. The fraction of sp³-hybridized carbons (Fsp3) is 0.476. The molecule has 2 aromatic rings. The van der Waals surface area contributed by atoms with Crippen LogP contribution < -0.4 is 5.32 Å². The highest BCUT2D eigenvalue weighted by Crippen LogP contribution is 2.20. The van der Waals surface area contributed by atoms with E-state index in [4.69, 9.17) is 9.90 Å². The number of hydrogen-bond acceptors (Lipinski definition) is 4. The van der Waals surface area contributed by atoms with E-state index in [1.807, 2.05) is 6.33 Å². The van der Waals surface area contributed by atoms with E-state index in [0.29, 0.717) is 19.1 Å². The molecule has 0 atom stereocenters. The number of urea groups is 1. The third kappa shape index (κ3) is 7.45. The van der Waals surface area contributed by atoms with Crippen LogP contribution in [0.2, 0.25) is 0 Å². The van der Waals surface area contributed by atoms with Crippen molar-refractivity contribution in [2.24, 2.45) is 0 Å². The van der Waals surface area contributed by atoms with E-state index in [1.165, 1.54) is 6.07 Å². The largest absolute Gasteiger partial charge is 0.490 e. The van der Waals surface area contributed by atoms with Gasteiger partial charge in [0.15, 0.2) is 0 Å². The number of aromatic nitrogens is 2. The summed E-state index contributed by atoms with van der Waals surface area (Å²) in [5.74, 6) is -3.19. The van der Waals surface area contributed by atoms with Gasteiger partial charge in [0.2, 0.25) is 0 Å². The summed E-state index contributed by atoms with van der Waals surface area (Å²) < 4.78 is 47.7. The van der Waals surface area contributed by atoms with Crippen molar-refractivity contribution in [2.75, 3.05) is 18.9 Å². The van der Waals surface area contributed by atoms with Crippen molar-refractivity contribution in [3.05, 3.63) is 47.8 Å². The molecule has 0 saturated heterocycles. The zero-order valence-corrected chi connectivity index (χ0v) is 18.6. The Hall–Kier alpha value is -3.15. The topological polar surface area (TPSA) is 90.7 Å². The molecule has 182 valence electrons. The molecule has 0 unspecified atom stereocenters. The maximum Gasteiger partial charge on any atom is 0.490 e. The Morgan fingerprint density at radius 2 is 1.88 bits per heavy atom. The summed E-state index contributed by atoms with van der Waals surface area (Å²) in [6.07, 6.45) is -2.38. The third-order valence-corrected chi connectivity index (χ3v) is 5.13. The molecule has 1 aliphatic rings. The van der Waals surface area contributed by atoms with E-state index >= 15 is 0 Å². The number of alkyl halides is 3. The van der Waals surface area contributed by atoms with Crippen molar-refractivity contribution in [1.82, 2.24) is 19.4 Å². The molecule has 1 aromatic carbocycles. The van der Waals surface area contributed by atoms with E-state index in [1.54, 1.807) is 23.1 Å². The van der Waals surface area contributed by atoms with Gasteiger partial charge in [-0.2, -0.15) is 13.2 Å². The number of amides is 2. The number of imidazole rings is 1. The van der Waals surface area contributed by atoms with Crippen LogP contribution >= 0.6 is 0 Å². The van der Waals surface area contributed by atoms with Gasteiger partial charge in [-0.1, -0.05) is 12.1 Å². The summed E-state index contributed by atoms with van der Waals surface area (Å²) in [5.41, 5.74) is 2.25. The van der Waals surface area contributed by atoms with E-state index in [0.717, 1.165) is 30.9 Å². The lowest BCUT2D eigenvalue weighted by molar-refractivity contribution is -0.192. The second-order valence-electron chi connectivity index (χ2n) is 7.83. The molecule has 0 radical (unpaired) electrons. The molecule has 12 heteroatoms. The van der Waals surface area contributed by atoms with Crippen LogP contribution in [0.15, 0.2) is 30.6 Å². The zero-order chi connectivity index (χ0) is 24.8. The number of benzene rings is 1. The van der Waals surface area contributed by atoms with Gasteiger partial charge in [0.05, 0.1) is 29.9 Å². The molecule has 1 aliphatic heterocycles. The van der Waals surface area contributed by atoms with E-state index in [-0.39, 0.29) is 11.7 Å². The molecular weight excluding hydrogens is 446 g/mol. The van der Waals surface area contributed by atoms with Crippen molar-refractivity contribution in [1.29, 1.82) is 0 Å². The monoisotopic (exact) mass is 473 g/mol. The van der Waals surface area contributed by atoms with Gasteiger partial charge in [-0.15, -0.1) is 0 Å². The number of aliphatic carboxylic acids is 1. The molecule has 2 heterocycles. The van der Waals surface area contributed by atoms with E-state index in [2.05, 4.69) is 40.7 Å². The fourth-order valence-electron chi connectivity index (χ4n) is 3.00. The minimum Gasteiger partial charge on any atom is -0.475 e. The summed E-state index contributed by atoms with van der Waals surface area (Å²) in [7, 11) is 2.07. The first-order valence-corrected chi connectivity index (χ1v) is 10.2. The van der Waals surface area contributed by atoms with Gasteiger partial charge in [-0.25, -0.2) is 19.0 Å². The van der Waals surface area contributed by atoms with Gasteiger partial charge in [-0.3, -0.25) is 4.90 Å². The first kappa shape index (κ1) is 26.1. The van der Waals surface area contributed by atoms with Crippen LogP contribution in [0.3, 0.4) is 0 Å². The number of carbonyl (C=O) groups is 2. The quantitative estimate of drug-likeness (QED) is 0.657. The number of carboxylic acid groups (broad SMARTS) is 1. The Morgan fingerprint density at radius 3 is 2.45 bits per heavy atom. The van der Waals surface area contributed by atoms with Crippen LogP contribution in [0, 0.1) is 5.82 Å². The molecule has 0 saturated carbocycles. The van der Waals surface area contributed by atoms with Crippen LogP contribution in [-0.2, 0) is 24.4 Å². The minimum absolute atomic E-state index is 0.204. The van der Waals surface area contributed by atoms with Crippen molar-refractivity contribution in [3.8, 4) is 0 Å². The normalized spacial score (nSPS) is 13.8. The van der Waals surface area contributed by atoms with Gasteiger partial charge in [0, 0.05) is 25.7 Å². The van der Waals surface area contributed by atoms with Gasteiger partial charge >= 0.3 is 18.2 Å². The molecule has 2 N–H and O–H groups in total. The lowest BCUT2D eigenvalue weighted by atomic mass is 10.2. The number of hydrogen-bond donors (Lipinski definition) is 2. The number of para-hydroxylation sites is 1. The number of halogens is 4. The molecule has 2 amide bonds. The predicted octanol–water partition coefficient (Wildman–Crippen LogP) is 3.93. The highest BCUT2D eigenvalue weighted by Gasteiger charge is 2.38. The second-order valence-corrected chi connectivity index (χ2v) is 7.83. The SMILES string of the molecule is CC(C)N(C)Cc1ncn2c1CN(C(=O)Nc1ccccc1F)CCC2.O=C(O)C(F)(F)F. The average molecular weight is 473 g/mol. The Morgan fingerprint density at radius 1 is 1.24 bits per heavy atom. The molecule has 33 heavy (non-hydrogen) atoms. The maximum absolute atomic E-state index is 13.8. The zero-order valence-electron chi connectivity index (χ0n) is 18.6. The van der Waals surface area contributed by atoms with Crippen LogP contribution in [-0.4, -0.2) is 62.3 Å². The van der Waals surface area contributed by atoms with E-state index in [9.17, 15) is 22.4 Å². The van der Waals surface area contributed by atoms with Crippen molar-refractivity contribution >= 4 is 17.7 Å². The highest BCUT2D eigenvalue weighted by atomic mass is 19.4. The number of fused-ring (bicyclic) bond motifs is 1. The molecule has 0 bridgehead atoms. The molecule has 0 aliphatic carbocycles. The number of aryl methyl sites for hydroxylation is 1.